The third-order valence-corrected chi connectivity index (χ3v) is 5.80. The summed E-state index contributed by atoms with van der Waals surface area (Å²) in [5, 5.41) is 5.28. The van der Waals surface area contributed by atoms with E-state index < -0.39 is 23.2 Å². The molecule has 2 aliphatic rings. The largest absolute Gasteiger partial charge is 0.337 e. The van der Waals surface area contributed by atoms with E-state index in [1.807, 2.05) is 0 Å². The molecule has 3 atom stereocenters. The normalized spacial score (nSPS) is 23.5. The Labute approximate surface area is 172 Å². The number of nitrogens with zero attached hydrogens (tertiary/aromatic N) is 2. The molecule has 1 aromatic heterocycles. The molecule has 0 bridgehead atoms. The summed E-state index contributed by atoms with van der Waals surface area (Å²) in [5.41, 5.74) is 0.0698. The number of fused-ring (bicyclic) bond motifs is 1. The van der Waals surface area contributed by atoms with Crippen LogP contribution in [0.15, 0.2) is 29.1 Å². The molecule has 158 valence electrons. The number of benzene rings is 1. The number of nitrogens with one attached hydrogen (secondary N) is 3. The Morgan fingerprint density at radius 3 is 2.50 bits per heavy atom. The molecule has 3 heterocycles. The van der Waals surface area contributed by atoms with E-state index in [2.05, 4.69) is 39.3 Å². The van der Waals surface area contributed by atoms with Gasteiger partial charge in [-0.05, 0) is 57.4 Å². The highest BCUT2D eigenvalue weighted by molar-refractivity contribution is 6.04. The van der Waals surface area contributed by atoms with Crippen LogP contribution in [0, 0.1) is 5.82 Å². The van der Waals surface area contributed by atoms with Gasteiger partial charge in [0.2, 0.25) is 17.8 Å². The molecule has 0 radical (unpaired) electrons. The lowest BCUT2D eigenvalue weighted by molar-refractivity contribution is -0.123. The number of aromatic amines is 1. The van der Waals surface area contributed by atoms with Gasteiger partial charge in [-0.1, -0.05) is 0 Å². The average Bonchev–Trinajstić information content (AvgIpc) is 2.68. The van der Waals surface area contributed by atoms with E-state index in [0.717, 1.165) is 19.3 Å². The summed E-state index contributed by atoms with van der Waals surface area (Å²) in [4.78, 5) is 47.4. The number of aromatic nitrogens is 2. The van der Waals surface area contributed by atoms with Crippen molar-refractivity contribution < 1.29 is 14.0 Å². The zero-order chi connectivity index (χ0) is 21.4. The Bertz CT molecular complexity index is 1030. The molecule has 0 aliphatic carbocycles. The van der Waals surface area contributed by atoms with Gasteiger partial charge in [-0.3, -0.25) is 19.4 Å². The maximum Gasteiger partial charge on any atom is 0.258 e. The fourth-order valence-electron chi connectivity index (χ4n) is 4.31. The third kappa shape index (κ3) is 3.79. The van der Waals surface area contributed by atoms with Crippen molar-refractivity contribution in [1.82, 2.24) is 9.97 Å². The van der Waals surface area contributed by atoms with Crippen LogP contribution in [0.3, 0.4) is 0 Å². The maximum absolute atomic E-state index is 13.1. The van der Waals surface area contributed by atoms with E-state index in [4.69, 9.17) is 0 Å². The van der Waals surface area contributed by atoms with Crippen molar-refractivity contribution in [2.75, 3.05) is 15.5 Å². The lowest BCUT2D eigenvalue weighted by Crippen LogP contribution is -2.46. The fraction of sp³-hybridized carbons (Fsp3) is 0.429. The minimum Gasteiger partial charge on any atom is -0.337 e. The minimum atomic E-state index is -0.986. The van der Waals surface area contributed by atoms with Crippen LogP contribution in [0.4, 0.5) is 21.8 Å². The van der Waals surface area contributed by atoms with Crippen LogP contribution >= 0.6 is 0 Å². The molecule has 1 aromatic carbocycles. The van der Waals surface area contributed by atoms with E-state index in [1.54, 1.807) is 0 Å². The molecule has 0 unspecified atom stereocenters. The predicted octanol–water partition coefficient (Wildman–Crippen LogP) is 2.74. The van der Waals surface area contributed by atoms with Gasteiger partial charge in [-0.25, -0.2) is 4.39 Å². The van der Waals surface area contributed by atoms with Crippen molar-refractivity contribution in [3.63, 3.8) is 0 Å². The summed E-state index contributed by atoms with van der Waals surface area (Å²) in [5.74, 6) is -1.79. The van der Waals surface area contributed by atoms with E-state index in [9.17, 15) is 18.8 Å². The van der Waals surface area contributed by atoms with Gasteiger partial charge in [-0.2, -0.15) is 4.98 Å². The zero-order valence-electron chi connectivity index (χ0n) is 16.9. The first-order valence-electron chi connectivity index (χ1n) is 10.1. The van der Waals surface area contributed by atoms with E-state index in [-0.39, 0.29) is 35.8 Å². The van der Waals surface area contributed by atoms with Crippen LogP contribution in [0.2, 0.25) is 0 Å². The van der Waals surface area contributed by atoms with Gasteiger partial charge in [-0.15, -0.1) is 0 Å². The monoisotopic (exact) mass is 413 g/mol. The number of halogens is 1. The average molecular weight is 413 g/mol. The number of hydrogen-bond donors (Lipinski definition) is 3. The summed E-state index contributed by atoms with van der Waals surface area (Å²) in [6.45, 7) is 4.15. The van der Waals surface area contributed by atoms with Gasteiger partial charge in [0, 0.05) is 24.2 Å². The highest BCUT2D eigenvalue weighted by Gasteiger charge is 2.36. The van der Waals surface area contributed by atoms with Crippen molar-refractivity contribution in [3.05, 3.63) is 46.0 Å². The molecule has 2 aliphatic heterocycles. The second-order valence-electron chi connectivity index (χ2n) is 7.99. The summed E-state index contributed by atoms with van der Waals surface area (Å²) >= 11 is 0. The molecule has 0 saturated carbocycles. The topological polar surface area (TPSA) is 107 Å². The van der Waals surface area contributed by atoms with Crippen LogP contribution in [0.5, 0.6) is 0 Å². The fourth-order valence-corrected chi connectivity index (χ4v) is 4.31. The SMILES string of the molecule is C[C@@H]1CCC[C@H](C)N1c1nc2c(c(=O)[nH]1)[C@@H](C(=O)Nc1ccc(F)cc1)CC(=O)N2. The highest BCUT2D eigenvalue weighted by atomic mass is 19.1. The van der Waals surface area contributed by atoms with Crippen LogP contribution in [0.1, 0.15) is 51.0 Å². The first-order chi connectivity index (χ1) is 14.3. The van der Waals surface area contributed by atoms with Crippen LogP contribution in [-0.2, 0) is 9.59 Å². The second kappa shape index (κ2) is 7.89. The number of carbonyl (C=O) groups is 2. The Hall–Kier alpha value is -3.23. The molecule has 8 nitrogen and oxygen atoms in total. The molecule has 30 heavy (non-hydrogen) atoms. The Kier molecular flexibility index (Phi) is 5.27. The molecule has 2 amide bonds. The van der Waals surface area contributed by atoms with E-state index in [0.29, 0.717) is 11.6 Å². The maximum atomic E-state index is 13.1. The summed E-state index contributed by atoms with van der Waals surface area (Å²) in [6, 6.07) is 5.68. The lowest BCUT2D eigenvalue weighted by atomic mass is 9.92. The van der Waals surface area contributed by atoms with Gasteiger partial charge in [0.1, 0.15) is 11.6 Å². The zero-order valence-corrected chi connectivity index (χ0v) is 16.9. The van der Waals surface area contributed by atoms with Gasteiger partial charge >= 0.3 is 0 Å². The number of anilines is 3. The summed E-state index contributed by atoms with van der Waals surface area (Å²) in [7, 11) is 0. The van der Waals surface area contributed by atoms with E-state index in [1.165, 1.54) is 24.3 Å². The quantitative estimate of drug-likeness (QED) is 0.717. The molecular weight excluding hydrogens is 389 g/mol. The summed E-state index contributed by atoms with van der Waals surface area (Å²) < 4.78 is 13.1. The number of carbonyl (C=O) groups excluding carboxylic acids is 2. The van der Waals surface area contributed by atoms with Crippen molar-refractivity contribution in [2.24, 2.45) is 0 Å². The molecular formula is C21H24FN5O3. The molecule has 0 spiro atoms. The Morgan fingerprint density at radius 2 is 1.83 bits per heavy atom. The molecule has 4 rings (SSSR count). The van der Waals surface area contributed by atoms with Gasteiger partial charge < -0.3 is 15.5 Å². The first-order valence-corrected chi connectivity index (χ1v) is 10.1. The molecule has 2 aromatic rings. The van der Waals surface area contributed by atoms with Crippen molar-refractivity contribution >= 4 is 29.3 Å². The van der Waals surface area contributed by atoms with Gasteiger partial charge in [0.25, 0.3) is 5.56 Å². The second-order valence-corrected chi connectivity index (χ2v) is 7.99. The first kappa shape index (κ1) is 20.1. The van der Waals surface area contributed by atoms with Crippen LogP contribution in [0.25, 0.3) is 0 Å². The van der Waals surface area contributed by atoms with Gasteiger partial charge in [0.15, 0.2) is 0 Å². The molecule has 1 fully saturated rings. The predicted molar refractivity (Wildman–Crippen MR) is 111 cm³/mol. The van der Waals surface area contributed by atoms with Crippen LogP contribution in [-0.4, -0.2) is 33.9 Å². The Morgan fingerprint density at radius 1 is 1.17 bits per heavy atom. The number of piperidine rings is 1. The third-order valence-electron chi connectivity index (χ3n) is 5.80. The number of hydrogen-bond acceptors (Lipinski definition) is 5. The highest BCUT2D eigenvalue weighted by Crippen LogP contribution is 2.32. The molecule has 3 N–H and O–H groups in total. The number of amides is 2. The lowest BCUT2D eigenvalue weighted by Gasteiger charge is -2.39. The van der Waals surface area contributed by atoms with Crippen molar-refractivity contribution in [3.8, 4) is 0 Å². The minimum absolute atomic E-state index is 0.120. The van der Waals surface area contributed by atoms with Crippen molar-refractivity contribution in [2.45, 2.75) is 57.5 Å². The standard InChI is InChI=1S/C21H24FN5O3/c1-11-4-3-5-12(2)27(11)21-25-18-17(20(30)26-21)15(10-16(28)24-18)19(29)23-14-8-6-13(22)7-9-14/h6-9,11-12,15H,3-5,10H2,1-2H3,(H,23,29)(H2,24,25,26,28,30)/t11-,12+,15-/m0/s1. The molecule has 1 saturated heterocycles. The van der Waals surface area contributed by atoms with E-state index >= 15 is 0 Å². The van der Waals surface area contributed by atoms with Crippen LogP contribution < -0.4 is 21.1 Å². The number of rotatable bonds is 3. The van der Waals surface area contributed by atoms with Gasteiger partial charge in [0.05, 0.1) is 11.5 Å². The van der Waals surface area contributed by atoms with Crippen molar-refractivity contribution in [1.29, 1.82) is 0 Å². The smallest absolute Gasteiger partial charge is 0.258 e. The molecule has 9 heteroatoms. The summed E-state index contributed by atoms with van der Waals surface area (Å²) in [6.07, 6.45) is 2.91. The number of H-pyrrole nitrogens is 1. The Balaban J connectivity index is 1.67.